The molecule has 0 saturated heterocycles. The van der Waals surface area contributed by atoms with Crippen LogP contribution in [0.25, 0.3) is 5.69 Å². The van der Waals surface area contributed by atoms with Gasteiger partial charge in [0, 0.05) is 5.69 Å². The molecule has 29 heavy (non-hydrogen) atoms. The number of hydrogen-bond acceptors (Lipinski definition) is 7. The van der Waals surface area contributed by atoms with Crippen molar-refractivity contribution in [3.05, 3.63) is 59.4 Å². The van der Waals surface area contributed by atoms with Crippen molar-refractivity contribution in [2.75, 3.05) is 24.8 Å². The molecule has 0 bridgehead atoms. The largest absolute Gasteiger partial charge is 0.497 e. The Bertz CT molecular complexity index is 963. The van der Waals surface area contributed by atoms with Crippen LogP contribution in [0.1, 0.15) is 12.7 Å². The van der Waals surface area contributed by atoms with E-state index in [2.05, 4.69) is 15.5 Å². The molecule has 2 aromatic carbocycles. The topological polar surface area (TPSA) is 78.3 Å². The molecule has 1 heterocycles. The molecule has 0 amide bonds. The second-order valence-electron chi connectivity index (χ2n) is 5.86. The van der Waals surface area contributed by atoms with Crippen molar-refractivity contribution in [2.24, 2.45) is 0 Å². The zero-order chi connectivity index (χ0) is 20.6. The van der Waals surface area contributed by atoms with Crippen LogP contribution in [0.5, 0.6) is 5.75 Å². The van der Waals surface area contributed by atoms with Gasteiger partial charge in [-0.05, 0) is 43.3 Å². The van der Waals surface area contributed by atoms with Crippen LogP contribution < -0.4 is 10.1 Å². The van der Waals surface area contributed by atoms with Crippen LogP contribution in [0.3, 0.4) is 0 Å². The summed E-state index contributed by atoms with van der Waals surface area (Å²) in [7, 11) is 1.62. The van der Waals surface area contributed by atoms with Gasteiger partial charge < -0.3 is 14.8 Å². The van der Waals surface area contributed by atoms with E-state index >= 15 is 0 Å². The average molecular weight is 433 g/mol. The molecule has 0 radical (unpaired) electrons. The molecular weight excluding hydrogens is 412 g/mol. The summed E-state index contributed by atoms with van der Waals surface area (Å²) in [6.45, 7) is 2.53. The van der Waals surface area contributed by atoms with Crippen LogP contribution in [0.2, 0.25) is 5.02 Å². The third-order valence-electron chi connectivity index (χ3n) is 3.97. The van der Waals surface area contributed by atoms with Crippen LogP contribution in [-0.2, 0) is 16.1 Å². The Morgan fingerprint density at radius 1 is 1.17 bits per heavy atom. The minimum absolute atomic E-state index is 0.153. The summed E-state index contributed by atoms with van der Waals surface area (Å²) in [5, 5.41) is 13.1. The fourth-order valence-corrected chi connectivity index (χ4v) is 3.58. The van der Waals surface area contributed by atoms with Crippen molar-refractivity contribution in [1.29, 1.82) is 0 Å². The van der Waals surface area contributed by atoms with E-state index in [0.717, 1.165) is 17.1 Å². The SMILES string of the molecule is CCOC(=O)CSc1nnc(CNc2ccccc2Cl)n1-c1ccc(OC)cc1. The maximum absolute atomic E-state index is 11.8. The first-order valence-electron chi connectivity index (χ1n) is 8.98. The van der Waals surface area contributed by atoms with Crippen molar-refractivity contribution < 1.29 is 14.3 Å². The van der Waals surface area contributed by atoms with Crippen LogP contribution >= 0.6 is 23.4 Å². The minimum atomic E-state index is -0.294. The number of para-hydroxylation sites is 1. The van der Waals surface area contributed by atoms with Crippen LogP contribution in [0, 0.1) is 0 Å². The number of halogens is 1. The third-order valence-corrected chi connectivity index (χ3v) is 5.20. The van der Waals surface area contributed by atoms with Crippen LogP contribution in [0.15, 0.2) is 53.7 Å². The number of carbonyl (C=O) groups excluding carboxylic acids is 1. The number of anilines is 1. The molecule has 3 rings (SSSR count). The molecule has 0 aliphatic heterocycles. The number of benzene rings is 2. The smallest absolute Gasteiger partial charge is 0.316 e. The van der Waals surface area contributed by atoms with Gasteiger partial charge in [-0.1, -0.05) is 35.5 Å². The Morgan fingerprint density at radius 2 is 1.93 bits per heavy atom. The number of aromatic nitrogens is 3. The highest BCUT2D eigenvalue weighted by Gasteiger charge is 2.16. The predicted octanol–water partition coefficient (Wildman–Crippen LogP) is 4.20. The first kappa shape index (κ1) is 21.0. The molecule has 0 unspecified atom stereocenters. The van der Waals surface area contributed by atoms with Crippen molar-refractivity contribution >= 4 is 35.0 Å². The number of ether oxygens (including phenoxy) is 2. The monoisotopic (exact) mass is 432 g/mol. The zero-order valence-electron chi connectivity index (χ0n) is 16.1. The fraction of sp³-hybridized carbons (Fsp3) is 0.250. The Kier molecular flexibility index (Phi) is 7.37. The number of hydrogen-bond donors (Lipinski definition) is 1. The Labute approximate surface area is 178 Å². The molecule has 0 aliphatic rings. The third kappa shape index (κ3) is 5.42. The van der Waals surface area contributed by atoms with Gasteiger partial charge in [-0.25, -0.2) is 0 Å². The number of esters is 1. The number of methoxy groups -OCH3 is 1. The summed E-state index contributed by atoms with van der Waals surface area (Å²) in [6, 6.07) is 15.0. The quantitative estimate of drug-likeness (QED) is 0.401. The van der Waals surface area contributed by atoms with Crippen molar-refractivity contribution in [3.8, 4) is 11.4 Å². The van der Waals surface area contributed by atoms with E-state index in [1.807, 2.05) is 53.1 Å². The van der Waals surface area contributed by atoms with Gasteiger partial charge >= 0.3 is 5.97 Å². The average Bonchev–Trinajstić information content (AvgIpc) is 3.15. The van der Waals surface area contributed by atoms with Crippen LogP contribution in [0.4, 0.5) is 5.69 Å². The van der Waals surface area contributed by atoms with Gasteiger partial charge in [0.2, 0.25) is 0 Å². The molecular formula is C20H21ClN4O3S. The van der Waals surface area contributed by atoms with Gasteiger partial charge in [0.25, 0.3) is 0 Å². The standard InChI is InChI=1S/C20H21ClN4O3S/c1-3-28-19(26)13-29-20-24-23-18(12-22-17-7-5-4-6-16(17)21)25(20)14-8-10-15(27-2)11-9-14/h4-11,22H,3,12-13H2,1-2H3. The molecule has 3 aromatic rings. The Morgan fingerprint density at radius 3 is 2.62 bits per heavy atom. The molecule has 7 nitrogen and oxygen atoms in total. The van der Waals surface area contributed by atoms with Gasteiger partial charge in [0.05, 0.1) is 36.7 Å². The number of carbonyl (C=O) groups is 1. The number of thioether (sulfide) groups is 1. The molecule has 0 saturated carbocycles. The van der Waals surface area contributed by atoms with E-state index < -0.39 is 0 Å². The van der Waals surface area contributed by atoms with E-state index in [0.29, 0.717) is 29.2 Å². The molecule has 1 aromatic heterocycles. The van der Waals surface area contributed by atoms with Crippen LogP contribution in [-0.4, -0.2) is 40.2 Å². The van der Waals surface area contributed by atoms with Crippen molar-refractivity contribution in [3.63, 3.8) is 0 Å². The predicted molar refractivity (Wildman–Crippen MR) is 114 cm³/mol. The lowest BCUT2D eigenvalue weighted by Crippen LogP contribution is -2.10. The van der Waals surface area contributed by atoms with E-state index in [4.69, 9.17) is 21.1 Å². The van der Waals surface area contributed by atoms with E-state index in [1.54, 1.807) is 14.0 Å². The lowest BCUT2D eigenvalue weighted by molar-refractivity contribution is -0.139. The molecule has 9 heteroatoms. The Balaban J connectivity index is 1.86. The molecule has 0 aliphatic carbocycles. The van der Waals surface area contributed by atoms with E-state index in [-0.39, 0.29) is 11.7 Å². The lowest BCUT2D eigenvalue weighted by atomic mass is 10.3. The van der Waals surface area contributed by atoms with E-state index in [1.165, 1.54) is 11.8 Å². The van der Waals surface area contributed by atoms with E-state index in [9.17, 15) is 4.79 Å². The fourth-order valence-electron chi connectivity index (χ4n) is 2.60. The number of rotatable bonds is 9. The lowest BCUT2D eigenvalue weighted by Gasteiger charge is -2.12. The molecule has 0 fully saturated rings. The van der Waals surface area contributed by atoms with Gasteiger partial charge in [-0.15, -0.1) is 10.2 Å². The summed E-state index contributed by atoms with van der Waals surface area (Å²) in [5.74, 6) is 1.29. The molecule has 152 valence electrons. The van der Waals surface area contributed by atoms with Gasteiger partial charge in [0.15, 0.2) is 11.0 Å². The highest BCUT2D eigenvalue weighted by Crippen LogP contribution is 2.26. The second kappa shape index (κ2) is 10.2. The summed E-state index contributed by atoms with van der Waals surface area (Å²) < 4.78 is 12.1. The van der Waals surface area contributed by atoms with Gasteiger partial charge in [-0.2, -0.15) is 0 Å². The second-order valence-corrected chi connectivity index (χ2v) is 7.21. The zero-order valence-corrected chi connectivity index (χ0v) is 17.7. The highest BCUT2D eigenvalue weighted by molar-refractivity contribution is 7.99. The minimum Gasteiger partial charge on any atom is -0.497 e. The van der Waals surface area contributed by atoms with Gasteiger partial charge in [0.1, 0.15) is 5.75 Å². The summed E-state index contributed by atoms with van der Waals surface area (Å²) in [6.07, 6.45) is 0. The normalized spacial score (nSPS) is 10.6. The number of nitrogens with one attached hydrogen (secondary N) is 1. The molecule has 1 N–H and O–H groups in total. The first-order chi connectivity index (χ1) is 14.1. The molecule has 0 spiro atoms. The molecule has 0 atom stereocenters. The maximum Gasteiger partial charge on any atom is 0.316 e. The first-order valence-corrected chi connectivity index (χ1v) is 10.3. The number of nitrogens with zero attached hydrogens (tertiary/aromatic N) is 3. The highest BCUT2D eigenvalue weighted by atomic mass is 35.5. The Hall–Kier alpha value is -2.71. The maximum atomic E-state index is 11.8. The van der Waals surface area contributed by atoms with Crippen molar-refractivity contribution in [2.45, 2.75) is 18.6 Å². The summed E-state index contributed by atoms with van der Waals surface area (Å²) in [5.41, 5.74) is 1.66. The van der Waals surface area contributed by atoms with Crippen molar-refractivity contribution in [1.82, 2.24) is 14.8 Å². The van der Waals surface area contributed by atoms with Gasteiger partial charge in [-0.3, -0.25) is 9.36 Å². The summed E-state index contributed by atoms with van der Waals surface area (Å²) >= 11 is 7.50. The summed E-state index contributed by atoms with van der Waals surface area (Å²) in [4.78, 5) is 11.8.